The van der Waals surface area contributed by atoms with Gasteiger partial charge < -0.3 is 0 Å². The number of halogens is 2. The molecule has 0 N–H and O–H groups in total. The van der Waals surface area contributed by atoms with Crippen LogP contribution in [-0.4, -0.2) is 0 Å². The first-order valence-corrected chi connectivity index (χ1v) is 4.89. The van der Waals surface area contributed by atoms with Crippen molar-refractivity contribution in [1.82, 2.24) is 0 Å². The number of benzene rings is 1. The summed E-state index contributed by atoms with van der Waals surface area (Å²) in [5.74, 6) is 0.309. The second-order valence-electron chi connectivity index (χ2n) is 2.98. The topological polar surface area (TPSA) is 0 Å². The monoisotopic (exact) mass is 230 g/mol. The summed E-state index contributed by atoms with van der Waals surface area (Å²) in [5.41, 5.74) is 1.19. The van der Waals surface area contributed by atoms with E-state index >= 15 is 0 Å². The minimum absolute atomic E-state index is 0.193. The lowest BCUT2D eigenvalue weighted by Crippen LogP contribution is -1.91. The van der Waals surface area contributed by atoms with Gasteiger partial charge in [0.1, 0.15) is 5.82 Å². The maximum Gasteiger partial charge on any atom is 0.137 e. The Balaban J connectivity index is 2.96. The summed E-state index contributed by atoms with van der Waals surface area (Å²) in [6.07, 6.45) is 1.08. The average Bonchev–Trinajstić information content (AvgIpc) is 2.08. The van der Waals surface area contributed by atoms with E-state index in [9.17, 15) is 4.39 Å². The first kappa shape index (κ1) is 9.72. The van der Waals surface area contributed by atoms with Crippen molar-refractivity contribution in [3.63, 3.8) is 0 Å². The van der Waals surface area contributed by atoms with Gasteiger partial charge in [-0.2, -0.15) is 0 Å². The van der Waals surface area contributed by atoms with Crippen molar-refractivity contribution in [1.29, 1.82) is 0 Å². The molecular formula is C10H12BrF. The van der Waals surface area contributed by atoms with E-state index in [1.165, 1.54) is 11.6 Å². The Labute approximate surface area is 80.9 Å². The summed E-state index contributed by atoms with van der Waals surface area (Å²) in [5, 5.41) is 0. The Morgan fingerprint density at radius 2 is 2.17 bits per heavy atom. The van der Waals surface area contributed by atoms with E-state index in [-0.39, 0.29) is 5.82 Å². The molecule has 12 heavy (non-hydrogen) atoms. The van der Waals surface area contributed by atoms with Crippen LogP contribution >= 0.6 is 15.9 Å². The highest BCUT2D eigenvalue weighted by atomic mass is 79.9. The van der Waals surface area contributed by atoms with Crippen molar-refractivity contribution < 1.29 is 4.39 Å². The molecule has 1 atom stereocenters. The van der Waals surface area contributed by atoms with E-state index in [2.05, 4.69) is 29.8 Å². The zero-order valence-electron chi connectivity index (χ0n) is 7.27. The normalized spacial score (nSPS) is 13.0. The molecule has 0 aromatic heterocycles. The number of rotatable bonds is 2. The van der Waals surface area contributed by atoms with E-state index in [1.807, 2.05) is 12.1 Å². The molecule has 1 unspecified atom stereocenters. The summed E-state index contributed by atoms with van der Waals surface area (Å²) in [4.78, 5) is 0. The molecule has 0 aliphatic heterocycles. The van der Waals surface area contributed by atoms with Crippen LogP contribution < -0.4 is 0 Å². The summed E-state index contributed by atoms with van der Waals surface area (Å²) in [7, 11) is 0. The van der Waals surface area contributed by atoms with Crippen LogP contribution in [0.3, 0.4) is 0 Å². The van der Waals surface area contributed by atoms with Crippen LogP contribution in [0.15, 0.2) is 22.7 Å². The molecule has 0 fully saturated rings. The summed E-state index contributed by atoms with van der Waals surface area (Å²) in [6, 6.07) is 5.20. The van der Waals surface area contributed by atoms with Crippen LogP contribution in [0.25, 0.3) is 0 Å². The molecule has 0 spiro atoms. The largest absolute Gasteiger partial charge is 0.206 e. The highest BCUT2D eigenvalue weighted by Crippen LogP contribution is 2.23. The smallest absolute Gasteiger partial charge is 0.137 e. The van der Waals surface area contributed by atoms with Gasteiger partial charge in [-0.25, -0.2) is 4.39 Å². The molecule has 1 rings (SSSR count). The zero-order chi connectivity index (χ0) is 9.14. The lowest BCUT2D eigenvalue weighted by Gasteiger charge is -2.08. The fourth-order valence-corrected chi connectivity index (χ4v) is 1.45. The second kappa shape index (κ2) is 4.04. The molecule has 0 saturated heterocycles. The molecule has 0 nitrogen and oxygen atoms in total. The van der Waals surface area contributed by atoms with E-state index in [1.54, 1.807) is 0 Å². The fourth-order valence-electron chi connectivity index (χ4n) is 1.05. The molecule has 0 saturated carbocycles. The lowest BCUT2D eigenvalue weighted by molar-refractivity contribution is 0.618. The Bertz CT molecular complexity index is 271. The molecule has 0 aliphatic carbocycles. The van der Waals surface area contributed by atoms with Gasteiger partial charge in [0, 0.05) is 0 Å². The quantitative estimate of drug-likeness (QED) is 0.718. The molecular weight excluding hydrogens is 219 g/mol. The molecule has 1 aromatic rings. The van der Waals surface area contributed by atoms with Crippen LogP contribution in [0, 0.1) is 5.82 Å². The number of hydrogen-bond acceptors (Lipinski definition) is 0. The van der Waals surface area contributed by atoms with Gasteiger partial charge >= 0.3 is 0 Å². The van der Waals surface area contributed by atoms with Gasteiger partial charge in [0.25, 0.3) is 0 Å². The highest BCUT2D eigenvalue weighted by molar-refractivity contribution is 9.10. The van der Waals surface area contributed by atoms with Crippen molar-refractivity contribution in [2.24, 2.45) is 0 Å². The third-order valence-electron chi connectivity index (χ3n) is 2.13. The third-order valence-corrected chi connectivity index (χ3v) is 2.73. The van der Waals surface area contributed by atoms with Gasteiger partial charge in [-0.3, -0.25) is 0 Å². The zero-order valence-corrected chi connectivity index (χ0v) is 8.86. The first-order valence-electron chi connectivity index (χ1n) is 4.10. The predicted molar refractivity (Wildman–Crippen MR) is 52.8 cm³/mol. The van der Waals surface area contributed by atoms with Crippen LogP contribution in [0.1, 0.15) is 31.7 Å². The Kier molecular flexibility index (Phi) is 3.27. The maximum absolute atomic E-state index is 12.8. The first-order chi connectivity index (χ1) is 5.65. The fraction of sp³-hybridized carbons (Fsp3) is 0.400. The lowest BCUT2D eigenvalue weighted by atomic mass is 9.99. The Morgan fingerprint density at radius 3 is 2.67 bits per heavy atom. The SMILES string of the molecule is CCC(C)c1ccc(F)c(Br)c1. The van der Waals surface area contributed by atoms with Crippen LogP contribution in [0.2, 0.25) is 0 Å². The van der Waals surface area contributed by atoms with E-state index in [0.29, 0.717) is 10.4 Å². The molecule has 0 aliphatic rings. The molecule has 66 valence electrons. The molecule has 2 heteroatoms. The summed E-state index contributed by atoms with van der Waals surface area (Å²) in [6.45, 7) is 4.27. The van der Waals surface area contributed by atoms with E-state index in [0.717, 1.165) is 6.42 Å². The van der Waals surface area contributed by atoms with E-state index in [4.69, 9.17) is 0 Å². The molecule has 0 amide bonds. The second-order valence-corrected chi connectivity index (χ2v) is 3.84. The minimum Gasteiger partial charge on any atom is -0.206 e. The van der Waals surface area contributed by atoms with Gasteiger partial charge in [-0.15, -0.1) is 0 Å². The molecule has 1 aromatic carbocycles. The van der Waals surface area contributed by atoms with Gasteiger partial charge in [0.2, 0.25) is 0 Å². The number of hydrogen-bond donors (Lipinski definition) is 0. The van der Waals surface area contributed by atoms with Gasteiger partial charge in [0.05, 0.1) is 4.47 Å². The summed E-state index contributed by atoms with van der Waals surface area (Å²) < 4.78 is 13.4. The van der Waals surface area contributed by atoms with Crippen molar-refractivity contribution in [3.8, 4) is 0 Å². The molecule has 0 bridgehead atoms. The van der Waals surface area contributed by atoms with Crippen molar-refractivity contribution in [2.75, 3.05) is 0 Å². The van der Waals surface area contributed by atoms with Crippen molar-refractivity contribution >= 4 is 15.9 Å². The van der Waals surface area contributed by atoms with Crippen LogP contribution in [0.5, 0.6) is 0 Å². The summed E-state index contributed by atoms with van der Waals surface area (Å²) >= 11 is 3.17. The molecule has 0 heterocycles. The van der Waals surface area contributed by atoms with E-state index < -0.39 is 0 Å². The van der Waals surface area contributed by atoms with Crippen molar-refractivity contribution in [2.45, 2.75) is 26.2 Å². The average molecular weight is 231 g/mol. The van der Waals surface area contributed by atoms with Gasteiger partial charge in [-0.05, 0) is 46.0 Å². The predicted octanol–water partition coefficient (Wildman–Crippen LogP) is 4.10. The molecule has 0 radical (unpaired) electrons. The Morgan fingerprint density at radius 1 is 1.50 bits per heavy atom. The van der Waals surface area contributed by atoms with Gasteiger partial charge in [-0.1, -0.05) is 19.9 Å². The highest BCUT2D eigenvalue weighted by Gasteiger charge is 2.05. The Hall–Kier alpha value is -0.370. The standard InChI is InChI=1S/C10H12BrF/c1-3-7(2)8-4-5-10(12)9(11)6-8/h4-7H,3H2,1-2H3. The van der Waals surface area contributed by atoms with Crippen molar-refractivity contribution in [3.05, 3.63) is 34.1 Å². The van der Waals surface area contributed by atoms with Crippen LogP contribution in [-0.2, 0) is 0 Å². The third kappa shape index (κ3) is 2.07. The maximum atomic E-state index is 12.8. The van der Waals surface area contributed by atoms with Gasteiger partial charge in [0.15, 0.2) is 0 Å². The van der Waals surface area contributed by atoms with Crippen LogP contribution in [0.4, 0.5) is 4.39 Å². The minimum atomic E-state index is -0.193.